The average Bonchev–Trinajstić information content (AvgIpc) is 3.94. The molecule has 1 aliphatic heterocycles. The SMILES string of the molecule is C1=CC2c3cc(-c4ccc5c(c4)c4ccccc4n5C4=Cc5ccc6ccc7oc(-c8ccccc8)nc7c6c5CC4)ccc3N(c3ccccc3)C2C=C1. The predicted molar refractivity (Wildman–Crippen MR) is 228 cm³/mol. The molecule has 4 heteroatoms. The molecule has 2 aliphatic carbocycles. The van der Waals surface area contributed by atoms with Gasteiger partial charge in [-0.3, -0.25) is 0 Å². The minimum absolute atomic E-state index is 0.277. The van der Waals surface area contributed by atoms with Crippen LogP contribution >= 0.6 is 0 Å². The van der Waals surface area contributed by atoms with Gasteiger partial charge in [-0.25, -0.2) is 4.98 Å². The van der Waals surface area contributed by atoms with Crippen molar-refractivity contribution in [1.82, 2.24) is 9.55 Å². The van der Waals surface area contributed by atoms with Crippen molar-refractivity contribution >= 4 is 66.8 Å². The van der Waals surface area contributed by atoms with Crippen molar-refractivity contribution in [2.24, 2.45) is 0 Å². The zero-order valence-electron chi connectivity index (χ0n) is 30.1. The van der Waals surface area contributed by atoms with E-state index < -0.39 is 0 Å². The van der Waals surface area contributed by atoms with Crippen molar-refractivity contribution in [3.8, 4) is 22.6 Å². The Labute approximate surface area is 318 Å². The molecule has 3 heterocycles. The molecule has 2 unspecified atom stereocenters. The van der Waals surface area contributed by atoms with Gasteiger partial charge in [0.2, 0.25) is 5.89 Å². The smallest absolute Gasteiger partial charge is 0.227 e. The van der Waals surface area contributed by atoms with Crippen LogP contribution in [-0.4, -0.2) is 15.6 Å². The number of allylic oxidation sites excluding steroid dienone is 3. The van der Waals surface area contributed by atoms with E-state index in [1.807, 2.05) is 18.2 Å². The summed E-state index contributed by atoms with van der Waals surface area (Å²) in [4.78, 5) is 7.55. The third kappa shape index (κ3) is 4.61. The topological polar surface area (TPSA) is 34.2 Å². The second kappa shape index (κ2) is 11.8. The van der Waals surface area contributed by atoms with Gasteiger partial charge in [0.1, 0.15) is 5.52 Å². The molecule has 2 aromatic heterocycles. The van der Waals surface area contributed by atoms with Crippen LogP contribution in [0.3, 0.4) is 0 Å². The molecule has 12 rings (SSSR count). The largest absolute Gasteiger partial charge is 0.436 e. The highest BCUT2D eigenvalue weighted by molar-refractivity contribution is 6.13. The quantitative estimate of drug-likeness (QED) is 0.183. The Morgan fingerprint density at radius 3 is 2.29 bits per heavy atom. The maximum absolute atomic E-state index is 6.30. The summed E-state index contributed by atoms with van der Waals surface area (Å²) in [6.45, 7) is 0. The van der Waals surface area contributed by atoms with Gasteiger partial charge in [-0.15, -0.1) is 0 Å². The second-order valence-electron chi connectivity index (χ2n) is 15.0. The van der Waals surface area contributed by atoms with Gasteiger partial charge in [-0.2, -0.15) is 0 Å². The summed E-state index contributed by atoms with van der Waals surface area (Å²) in [6.07, 6.45) is 13.3. The number of aromatic nitrogens is 2. The number of hydrogen-bond acceptors (Lipinski definition) is 3. The van der Waals surface area contributed by atoms with Crippen molar-refractivity contribution in [3.63, 3.8) is 0 Å². The number of nitrogens with zero attached hydrogens (tertiary/aromatic N) is 3. The van der Waals surface area contributed by atoms with Crippen molar-refractivity contribution in [3.05, 3.63) is 187 Å². The lowest BCUT2D eigenvalue weighted by atomic mass is 9.89. The highest BCUT2D eigenvalue weighted by Crippen LogP contribution is 2.49. The van der Waals surface area contributed by atoms with Gasteiger partial charge in [-0.05, 0) is 113 Å². The summed E-state index contributed by atoms with van der Waals surface area (Å²) in [7, 11) is 0. The number of benzene rings is 7. The number of rotatable bonds is 4. The summed E-state index contributed by atoms with van der Waals surface area (Å²) in [5, 5.41) is 4.96. The Kier molecular flexibility index (Phi) is 6.55. The molecule has 0 saturated heterocycles. The Bertz CT molecular complexity index is 3110. The normalized spacial score (nSPS) is 17.2. The molecule has 260 valence electrons. The van der Waals surface area contributed by atoms with Crippen LogP contribution in [0.2, 0.25) is 0 Å². The lowest BCUT2D eigenvalue weighted by Crippen LogP contribution is -2.28. The molecular formula is C51H35N3O. The number of hydrogen-bond donors (Lipinski definition) is 0. The third-order valence-electron chi connectivity index (χ3n) is 12.0. The zero-order valence-corrected chi connectivity index (χ0v) is 30.1. The molecule has 4 nitrogen and oxygen atoms in total. The van der Waals surface area contributed by atoms with E-state index in [1.54, 1.807) is 0 Å². The van der Waals surface area contributed by atoms with Gasteiger partial charge in [-0.1, -0.05) is 109 Å². The fourth-order valence-corrected chi connectivity index (χ4v) is 9.55. The first kappa shape index (κ1) is 30.5. The van der Waals surface area contributed by atoms with Crippen molar-refractivity contribution in [2.75, 3.05) is 4.90 Å². The Hall–Kier alpha value is -6.91. The van der Waals surface area contributed by atoms with Crippen molar-refractivity contribution in [1.29, 1.82) is 0 Å². The second-order valence-corrected chi connectivity index (χ2v) is 15.0. The molecule has 0 fully saturated rings. The number of para-hydroxylation sites is 2. The number of anilines is 2. The molecule has 0 spiro atoms. The molecule has 2 atom stereocenters. The molecule has 9 aromatic rings. The minimum atomic E-state index is 0.277. The van der Waals surface area contributed by atoms with Gasteiger partial charge in [0.15, 0.2) is 5.58 Å². The lowest BCUT2D eigenvalue weighted by Gasteiger charge is -2.28. The van der Waals surface area contributed by atoms with Gasteiger partial charge < -0.3 is 13.9 Å². The van der Waals surface area contributed by atoms with Crippen LogP contribution in [-0.2, 0) is 6.42 Å². The van der Waals surface area contributed by atoms with E-state index in [2.05, 4.69) is 167 Å². The third-order valence-corrected chi connectivity index (χ3v) is 12.0. The van der Waals surface area contributed by atoms with Crippen LogP contribution in [0, 0.1) is 0 Å². The Morgan fingerprint density at radius 2 is 1.38 bits per heavy atom. The van der Waals surface area contributed by atoms with Crippen LogP contribution in [0.1, 0.15) is 29.0 Å². The minimum Gasteiger partial charge on any atom is -0.436 e. The fourth-order valence-electron chi connectivity index (χ4n) is 9.55. The molecule has 0 radical (unpaired) electrons. The van der Waals surface area contributed by atoms with E-state index in [0.717, 1.165) is 29.5 Å². The molecule has 3 aliphatic rings. The zero-order chi connectivity index (χ0) is 36.0. The molecule has 0 bridgehead atoms. The van der Waals surface area contributed by atoms with E-state index in [0.29, 0.717) is 11.8 Å². The molecular weight excluding hydrogens is 671 g/mol. The summed E-state index contributed by atoms with van der Waals surface area (Å²) < 4.78 is 8.80. The van der Waals surface area contributed by atoms with Crippen LogP contribution in [0.15, 0.2) is 174 Å². The number of fused-ring (bicyclic) bond motifs is 11. The molecule has 55 heavy (non-hydrogen) atoms. The fraction of sp³-hybridized carbons (Fsp3) is 0.0784. The summed E-state index contributed by atoms with van der Waals surface area (Å²) in [6, 6.07) is 53.0. The first-order valence-corrected chi connectivity index (χ1v) is 19.3. The predicted octanol–water partition coefficient (Wildman–Crippen LogP) is 13.1. The van der Waals surface area contributed by atoms with E-state index in [4.69, 9.17) is 9.40 Å². The standard InChI is InChI=1S/C51H35N3O/c1-3-11-33(12-4-1)51-52-50-48(55-51)28-23-32-19-20-36-29-38(24-25-39(36)49(32)50)54-45-18-10-8-16-41(45)43-31-35(22-27-47(43)54)34-21-26-46-42(30-34)40-15-7-9-17-44(40)53(46)37-13-5-2-6-14-37/h1-23,26-31,40,44H,24-25H2. The van der Waals surface area contributed by atoms with Gasteiger partial charge in [0.05, 0.1) is 17.1 Å². The summed E-state index contributed by atoms with van der Waals surface area (Å²) >= 11 is 0. The first-order valence-electron chi connectivity index (χ1n) is 19.3. The average molecular weight is 706 g/mol. The molecule has 7 aromatic carbocycles. The van der Waals surface area contributed by atoms with Crippen LogP contribution < -0.4 is 4.90 Å². The molecule has 0 saturated carbocycles. The van der Waals surface area contributed by atoms with Crippen LogP contribution in [0.5, 0.6) is 0 Å². The van der Waals surface area contributed by atoms with Crippen molar-refractivity contribution in [2.45, 2.75) is 24.8 Å². The summed E-state index contributed by atoms with van der Waals surface area (Å²) in [5.41, 5.74) is 15.5. The van der Waals surface area contributed by atoms with E-state index in [-0.39, 0.29) is 6.04 Å². The van der Waals surface area contributed by atoms with Crippen LogP contribution in [0.25, 0.3) is 78.0 Å². The molecule has 0 amide bonds. The Balaban J connectivity index is 0.967. The maximum atomic E-state index is 6.30. The number of aryl methyl sites for hydroxylation is 1. The molecule has 0 N–H and O–H groups in total. The van der Waals surface area contributed by atoms with Gasteiger partial charge >= 0.3 is 0 Å². The highest BCUT2D eigenvalue weighted by Gasteiger charge is 2.37. The summed E-state index contributed by atoms with van der Waals surface area (Å²) in [5.74, 6) is 0.981. The van der Waals surface area contributed by atoms with Crippen LogP contribution in [0.4, 0.5) is 11.4 Å². The lowest BCUT2D eigenvalue weighted by molar-refractivity contribution is 0.620. The Morgan fingerprint density at radius 1 is 0.618 bits per heavy atom. The first-order chi connectivity index (χ1) is 27.3. The van der Waals surface area contributed by atoms with E-state index in [9.17, 15) is 0 Å². The maximum Gasteiger partial charge on any atom is 0.227 e. The van der Waals surface area contributed by atoms with E-state index >= 15 is 0 Å². The highest BCUT2D eigenvalue weighted by atomic mass is 16.3. The van der Waals surface area contributed by atoms with Gasteiger partial charge in [0, 0.05) is 44.7 Å². The number of oxazole rings is 1. The monoisotopic (exact) mass is 705 g/mol. The van der Waals surface area contributed by atoms with E-state index in [1.165, 1.54) is 77.5 Å². The van der Waals surface area contributed by atoms with Gasteiger partial charge in [0.25, 0.3) is 0 Å². The van der Waals surface area contributed by atoms with Crippen molar-refractivity contribution < 1.29 is 4.42 Å².